The Bertz CT molecular complexity index is 1770. The number of hydrogen-bond donors (Lipinski definition) is 1. The van der Waals surface area contributed by atoms with Crippen LogP contribution in [0.2, 0.25) is 5.02 Å². The molecular weight excluding hydrogens is 562 g/mol. The molecule has 0 saturated heterocycles. The molecule has 2 aromatic heterocycles. The van der Waals surface area contributed by atoms with Gasteiger partial charge in [-0.2, -0.15) is 0 Å². The molecule has 0 radical (unpaired) electrons. The molecule has 1 N–H and O–H groups in total. The fourth-order valence-corrected chi connectivity index (χ4v) is 6.58. The zero-order valence-corrected chi connectivity index (χ0v) is 24.6. The first kappa shape index (κ1) is 27.4. The minimum absolute atomic E-state index is 0.0710. The topological polar surface area (TPSA) is 105 Å². The minimum Gasteiger partial charge on any atom is -0.476 e. The molecule has 212 valence electrons. The van der Waals surface area contributed by atoms with Gasteiger partial charge >= 0.3 is 0 Å². The SMILES string of the molecule is CN(C)CCCOc1ncc(-c2ccc3ncc4c(c3c2)C2(CC2)C(=O)N4C)cc1NS(=O)(=O)c1ccc(Cl)cc1. The van der Waals surface area contributed by atoms with Crippen molar-refractivity contribution >= 4 is 49.8 Å². The first-order valence-corrected chi connectivity index (χ1v) is 15.2. The van der Waals surface area contributed by atoms with E-state index in [9.17, 15) is 13.2 Å². The number of likely N-dealkylation sites (N-methyl/N-ethyl adjacent to an activating group) is 1. The summed E-state index contributed by atoms with van der Waals surface area (Å²) in [4.78, 5) is 26.0. The number of rotatable bonds is 9. The van der Waals surface area contributed by atoms with Crippen molar-refractivity contribution in [3.8, 4) is 17.0 Å². The monoisotopic (exact) mass is 591 g/mol. The van der Waals surface area contributed by atoms with E-state index in [2.05, 4.69) is 14.7 Å². The highest BCUT2D eigenvalue weighted by Gasteiger charge is 2.59. The van der Waals surface area contributed by atoms with Crippen molar-refractivity contribution in [2.24, 2.45) is 0 Å². The van der Waals surface area contributed by atoms with Gasteiger partial charge in [0, 0.05) is 41.3 Å². The second-order valence-electron chi connectivity index (χ2n) is 10.8. The van der Waals surface area contributed by atoms with Gasteiger partial charge in [-0.3, -0.25) is 14.5 Å². The predicted octanol–water partition coefficient (Wildman–Crippen LogP) is 5.09. The van der Waals surface area contributed by atoms with E-state index in [1.165, 1.54) is 24.3 Å². The number of hydrogen-bond acceptors (Lipinski definition) is 7. The summed E-state index contributed by atoms with van der Waals surface area (Å²) in [6.45, 7) is 1.19. The number of nitrogens with one attached hydrogen (secondary N) is 1. The van der Waals surface area contributed by atoms with Crippen molar-refractivity contribution in [3.63, 3.8) is 0 Å². The van der Waals surface area contributed by atoms with Gasteiger partial charge in [0.15, 0.2) is 0 Å². The third-order valence-electron chi connectivity index (χ3n) is 7.69. The lowest BCUT2D eigenvalue weighted by Crippen LogP contribution is -2.28. The Hall–Kier alpha value is -3.73. The van der Waals surface area contributed by atoms with Gasteiger partial charge in [-0.05, 0) is 81.4 Å². The molecule has 41 heavy (non-hydrogen) atoms. The normalized spacial score (nSPS) is 15.5. The van der Waals surface area contributed by atoms with Gasteiger partial charge in [0.1, 0.15) is 5.69 Å². The summed E-state index contributed by atoms with van der Waals surface area (Å²) in [5.41, 5.74) is 3.95. The summed E-state index contributed by atoms with van der Waals surface area (Å²) < 4.78 is 35.2. The molecule has 2 aliphatic rings. The third kappa shape index (κ3) is 5.00. The van der Waals surface area contributed by atoms with Gasteiger partial charge in [0.25, 0.3) is 10.0 Å². The summed E-state index contributed by atoms with van der Waals surface area (Å²) in [5, 5.41) is 1.36. The van der Waals surface area contributed by atoms with Gasteiger partial charge in [-0.1, -0.05) is 17.7 Å². The number of benzene rings is 2. The summed E-state index contributed by atoms with van der Waals surface area (Å²) in [6.07, 6.45) is 5.84. The molecule has 4 aromatic rings. The number of pyridine rings is 2. The molecule has 9 nitrogen and oxygen atoms in total. The molecule has 1 spiro atoms. The van der Waals surface area contributed by atoms with Crippen molar-refractivity contribution in [1.29, 1.82) is 0 Å². The van der Waals surface area contributed by atoms with E-state index >= 15 is 0 Å². The summed E-state index contributed by atoms with van der Waals surface area (Å²) >= 11 is 5.97. The van der Waals surface area contributed by atoms with Crippen molar-refractivity contribution in [2.75, 3.05) is 43.9 Å². The van der Waals surface area contributed by atoms with E-state index in [4.69, 9.17) is 16.3 Å². The van der Waals surface area contributed by atoms with Crippen LogP contribution in [0.25, 0.3) is 22.0 Å². The second kappa shape index (κ2) is 10.3. The second-order valence-corrected chi connectivity index (χ2v) is 13.0. The number of anilines is 2. The summed E-state index contributed by atoms with van der Waals surface area (Å²) in [6, 6.07) is 13.5. The zero-order valence-electron chi connectivity index (χ0n) is 23.0. The maximum Gasteiger partial charge on any atom is 0.262 e. The number of aromatic nitrogens is 2. The minimum atomic E-state index is -3.95. The van der Waals surface area contributed by atoms with Crippen LogP contribution in [-0.4, -0.2) is 63.5 Å². The van der Waals surface area contributed by atoms with Crippen LogP contribution >= 0.6 is 11.6 Å². The Balaban J connectivity index is 1.39. The molecule has 1 saturated carbocycles. The van der Waals surface area contributed by atoms with Crippen LogP contribution in [0.15, 0.2) is 65.8 Å². The molecule has 1 fully saturated rings. The lowest BCUT2D eigenvalue weighted by atomic mass is 9.92. The Labute approximate surface area is 244 Å². The van der Waals surface area contributed by atoms with E-state index in [1.807, 2.05) is 37.2 Å². The van der Waals surface area contributed by atoms with E-state index < -0.39 is 15.4 Å². The average Bonchev–Trinajstić information content (AvgIpc) is 3.72. The van der Waals surface area contributed by atoms with Crippen LogP contribution < -0.4 is 14.4 Å². The summed E-state index contributed by atoms with van der Waals surface area (Å²) in [7, 11) is 1.81. The Morgan fingerprint density at radius 1 is 1.05 bits per heavy atom. The molecule has 0 bridgehead atoms. The van der Waals surface area contributed by atoms with Gasteiger partial charge in [-0.15, -0.1) is 0 Å². The molecule has 6 rings (SSSR count). The molecule has 3 heterocycles. The van der Waals surface area contributed by atoms with E-state index in [-0.39, 0.29) is 22.4 Å². The van der Waals surface area contributed by atoms with Crippen molar-refractivity contribution < 1.29 is 17.9 Å². The highest BCUT2D eigenvalue weighted by molar-refractivity contribution is 7.92. The Morgan fingerprint density at radius 3 is 2.51 bits per heavy atom. The largest absolute Gasteiger partial charge is 0.476 e. The number of halogens is 1. The molecule has 1 amide bonds. The highest BCUT2D eigenvalue weighted by Crippen LogP contribution is 2.58. The van der Waals surface area contributed by atoms with Crippen LogP contribution in [0.4, 0.5) is 11.4 Å². The summed E-state index contributed by atoms with van der Waals surface area (Å²) in [5.74, 6) is 0.307. The number of fused-ring (bicyclic) bond motifs is 4. The number of carbonyl (C=O) groups excluding carboxylic acids is 1. The van der Waals surface area contributed by atoms with Gasteiger partial charge in [0.2, 0.25) is 11.8 Å². The fraction of sp³-hybridized carbons (Fsp3) is 0.300. The molecule has 1 aliphatic heterocycles. The van der Waals surface area contributed by atoms with Gasteiger partial charge in [-0.25, -0.2) is 13.4 Å². The van der Waals surface area contributed by atoms with E-state index in [0.29, 0.717) is 17.2 Å². The number of sulfonamides is 1. The number of ether oxygens (including phenoxy) is 1. The third-order valence-corrected chi connectivity index (χ3v) is 9.33. The lowest BCUT2D eigenvalue weighted by molar-refractivity contribution is -0.119. The standard InChI is InChI=1S/C30H30ClN5O4S/c1-35(2)13-4-14-40-28-25(34-41(38,39)22-8-6-21(31)7-9-22)16-20(17-33-28)19-5-10-24-23(15-19)27-26(18-32-24)36(3)29(37)30(27)11-12-30/h5-10,15-18,34H,4,11-14H2,1-3H3. The van der Waals surface area contributed by atoms with Crippen LogP contribution in [0.5, 0.6) is 5.88 Å². The fourth-order valence-electron chi connectivity index (χ4n) is 5.41. The predicted molar refractivity (Wildman–Crippen MR) is 160 cm³/mol. The molecule has 11 heteroatoms. The quantitative estimate of drug-likeness (QED) is 0.270. The lowest BCUT2D eigenvalue weighted by Gasteiger charge is -2.16. The van der Waals surface area contributed by atoms with Crippen molar-refractivity contribution in [1.82, 2.24) is 14.9 Å². The van der Waals surface area contributed by atoms with Crippen molar-refractivity contribution in [3.05, 3.63) is 71.5 Å². The maximum atomic E-state index is 13.3. The van der Waals surface area contributed by atoms with Gasteiger partial charge < -0.3 is 14.5 Å². The molecule has 1 aliphatic carbocycles. The zero-order chi connectivity index (χ0) is 28.9. The number of carbonyl (C=O) groups is 1. The van der Waals surface area contributed by atoms with Crippen LogP contribution in [0.1, 0.15) is 24.8 Å². The van der Waals surface area contributed by atoms with Crippen LogP contribution in [0, 0.1) is 0 Å². The maximum absolute atomic E-state index is 13.3. The Morgan fingerprint density at radius 2 is 1.80 bits per heavy atom. The molecule has 0 atom stereocenters. The average molecular weight is 592 g/mol. The number of amides is 1. The van der Waals surface area contributed by atoms with E-state index in [0.717, 1.165) is 53.5 Å². The van der Waals surface area contributed by atoms with Gasteiger partial charge in [0.05, 0.1) is 34.3 Å². The molecular formula is C30H30ClN5O4S. The van der Waals surface area contributed by atoms with E-state index in [1.54, 1.807) is 30.4 Å². The molecule has 0 unspecified atom stereocenters. The van der Waals surface area contributed by atoms with Crippen molar-refractivity contribution in [2.45, 2.75) is 29.6 Å². The van der Waals surface area contributed by atoms with Crippen LogP contribution in [0.3, 0.4) is 0 Å². The highest BCUT2D eigenvalue weighted by atomic mass is 35.5. The Kier molecular flexibility index (Phi) is 6.88. The van der Waals surface area contributed by atoms with Crippen LogP contribution in [-0.2, 0) is 20.2 Å². The first-order valence-electron chi connectivity index (χ1n) is 13.4. The number of nitrogens with zero attached hydrogens (tertiary/aromatic N) is 4. The molecule has 2 aromatic carbocycles. The first-order chi connectivity index (χ1) is 19.6. The smallest absolute Gasteiger partial charge is 0.262 e.